The van der Waals surface area contributed by atoms with E-state index in [9.17, 15) is 4.79 Å². The van der Waals surface area contributed by atoms with E-state index in [1.54, 1.807) is 13.1 Å². The van der Waals surface area contributed by atoms with Crippen molar-refractivity contribution in [1.29, 1.82) is 0 Å². The average molecular weight is 606 g/mol. The van der Waals surface area contributed by atoms with Crippen LogP contribution >= 0.6 is 0 Å². The zero-order valence-corrected chi connectivity index (χ0v) is 27.0. The topological polar surface area (TPSA) is 92.7 Å². The standard InChI is InChI=1S/C37H39N3O5/c1-8-42-35-28(20-39-36(40-35)43-9-2)24-10-11-26-25(19-24)18-21(3)30(34(22(4)41)45-37(5,6)7)32(26)27-12-13-29-31-23(15-17-44-29)14-16-38-33(27)31/h10-14,16,18-20,34H,8-9,15,17H2,1-7H3/t34-/m1/s1. The first-order valence-electron chi connectivity index (χ1n) is 15.5. The Morgan fingerprint density at radius 1 is 1.00 bits per heavy atom. The van der Waals surface area contributed by atoms with Crippen molar-refractivity contribution in [2.75, 3.05) is 19.8 Å². The van der Waals surface area contributed by atoms with Crippen molar-refractivity contribution in [3.05, 3.63) is 71.5 Å². The highest BCUT2D eigenvalue weighted by Crippen LogP contribution is 2.46. The van der Waals surface area contributed by atoms with Gasteiger partial charge in [-0.15, -0.1) is 0 Å². The molecular formula is C37H39N3O5. The number of nitrogens with zero attached hydrogens (tertiary/aromatic N) is 3. The number of benzene rings is 3. The Bertz CT molecular complexity index is 1920. The predicted octanol–water partition coefficient (Wildman–Crippen LogP) is 8.00. The number of fused-ring (bicyclic) bond motifs is 1. The number of carbonyl (C=O) groups is 1. The number of aryl methyl sites for hydroxylation is 1. The summed E-state index contributed by atoms with van der Waals surface area (Å²) in [5, 5.41) is 2.99. The number of carbonyl (C=O) groups excluding carboxylic acids is 1. The third-order valence-corrected chi connectivity index (χ3v) is 7.93. The number of pyridine rings is 1. The maximum Gasteiger partial charge on any atom is 0.319 e. The smallest absolute Gasteiger partial charge is 0.319 e. The van der Waals surface area contributed by atoms with E-state index in [2.05, 4.69) is 40.3 Å². The molecule has 45 heavy (non-hydrogen) atoms. The molecule has 3 aromatic carbocycles. The van der Waals surface area contributed by atoms with Gasteiger partial charge in [0.15, 0.2) is 5.78 Å². The Morgan fingerprint density at radius 2 is 1.80 bits per heavy atom. The lowest BCUT2D eigenvalue weighted by molar-refractivity contribution is -0.138. The highest BCUT2D eigenvalue weighted by atomic mass is 16.5. The van der Waals surface area contributed by atoms with Crippen LogP contribution in [0.4, 0.5) is 0 Å². The molecule has 1 atom stereocenters. The molecule has 6 rings (SSSR count). The number of aromatic nitrogens is 3. The Labute approximate surface area is 263 Å². The van der Waals surface area contributed by atoms with Gasteiger partial charge in [-0.1, -0.05) is 18.2 Å². The summed E-state index contributed by atoms with van der Waals surface area (Å²) in [6, 6.07) is 14.8. The maximum atomic E-state index is 13.3. The van der Waals surface area contributed by atoms with Crippen LogP contribution in [0, 0.1) is 6.92 Å². The van der Waals surface area contributed by atoms with Crippen LogP contribution in [-0.2, 0) is 16.0 Å². The number of ether oxygens (including phenoxy) is 4. The molecule has 8 nitrogen and oxygen atoms in total. The van der Waals surface area contributed by atoms with Crippen LogP contribution in [-0.4, -0.2) is 46.2 Å². The molecule has 2 aromatic heterocycles. The Kier molecular flexibility index (Phi) is 8.18. The van der Waals surface area contributed by atoms with E-state index in [-0.39, 0.29) is 11.8 Å². The minimum atomic E-state index is -0.768. The Hall–Kier alpha value is -4.56. The van der Waals surface area contributed by atoms with Crippen LogP contribution in [0.15, 0.2) is 54.9 Å². The zero-order valence-electron chi connectivity index (χ0n) is 27.0. The Balaban J connectivity index is 1.65. The van der Waals surface area contributed by atoms with Gasteiger partial charge in [-0.2, -0.15) is 4.98 Å². The van der Waals surface area contributed by atoms with E-state index in [1.165, 1.54) is 5.56 Å². The van der Waals surface area contributed by atoms with Gasteiger partial charge in [0.1, 0.15) is 11.9 Å². The molecule has 0 bridgehead atoms. The van der Waals surface area contributed by atoms with E-state index < -0.39 is 11.7 Å². The molecule has 0 unspecified atom stereocenters. The van der Waals surface area contributed by atoms with E-state index in [0.29, 0.717) is 25.7 Å². The lowest BCUT2D eigenvalue weighted by Crippen LogP contribution is -2.27. The lowest BCUT2D eigenvalue weighted by Gasteiger charge is -2.30. The van der Waals surface area contributed by atoms with Gasteiger partial charge in [-0.05, 0) is 111 Å². The third kappa shape index (κ3) is 5.82. The van der Waals surface area contributed by atoms with Crippen molar-refractivity contribution in [3.8, 4) is 39.9 Å². The molecule has 0 radical (unpaired) electrons. The molecule has 8 heteroatoms. The summed E-state index contributed by atoms with van der Waals surface area (Å²) < 4.78 is 24.0. The summed E-state index contributed by atoms with van der Waals surface area (Å²) in [6.07, 6.45) is 3.65. The lowest BCUT2D eigenvalue weighted by atomic mass is 9.84. The van der Waals surface area contributed by atoms with Gasteiger partial charge >= 0.3 is 6.01 Å². The monoisotopic (exact) mass is 605 g/mol. The summed E-state index contributed by atoms with van der Waals surface area (Å²) in [7, 11) is 0. The van der Waals surface area contributed by atoms with Crippen molar-refractivity contribution in [3.63, 3.8) is 0 Å². The molecule has 1 aliphatic heterocycles. The number of Topliss-reactive ketones (excluding diaryl/α,β-unsaturated/α-hetero) is 1. The fraction of sp³-hybridized carbons (Fsp3) is 0.351. The van der Waals surface area contributed by atoms with E-state index in [0.717, 1.165) is 67.2 Å². The summed E-state index contributed by atoms with van der Waals surface area (Å²) in [5.74, 6) is 1.24. The van der Waals surface area contributed by atoms with Gasteiger partial charge in [-0.3, -0.25) is 9.78 Å². The first-order chi connectivity index (χ1) is 21.6. The van der Waals surface area contributed by atoms with Crippen molar-refractivity contribution < 1.29 is 23.7 Å². The van der Waals surface area contributed by atoms with E-state index in [4.69, 9.17) is 23.9 Å². The van der Waals surface area contributed by atoms with Gasteiger partial charge in [-0.25, -0.2) is 4.98 Å². The molecule has 0 fully saturated rings. The number of ketones is 1. The number of hydrogen-bond acceptors (Lipinski definition) is 8. The second-order valence-electron chi connectivity index (χ2n) is 12.3. The van der Waals surface area contributed by atoms with Gasteiger partial charge in [0.25, 0.3) is 0 Å². The summed E-state index contributed by atoms with van der Waals surface area (Å²) in [6.45, 7) is 14.9. The molecule has 5 aromatic rings. The summed E-state index contributed by atoms with van der Waals surface area (Å²) in [5.41, 5.74) is 6.83. The normalized spacial score (nSPS) is 13.5. The quantitative estimate of drug-likeness (QED) is 0.167. The highest BCUT2D eigenvalue weighted by molar-refractivity contribution is 6.09. The van der Waals surface area contributed by atoms with Crippen LogP contribution in [0.5, 0.6) is 17.6 Å². The van der Waals surface area contributed by atoms with Crippen LogP contribution in [0.1, 0.15) is 64.3 Å². The summed E-state index contributed by atoms with van der Waals surface area (Å²) in [4.78, 5) is 27.2. The minimum absolute atomic E-state index is 0.0582. The van der Waals surface area contributed by atoms with Crippen LogP contribution in [0.3, 0.4) is 0 Å². The fourth-order valence-corrected chi connectivity index (χ4v) is 6.16. The third-order valence-electron chi connectivity index (χ3n) is 7.93. The van der Waals surface area contributed by atoms with E-state index >= 15 is 0 Å². The van der Waals surface area contributed by atoms with Crippen LogP contribution in [0.2, 0.25) is 0 Å². The molecule has 0 aliphatic carbocycles. The Morgan fingerprint density at radius 3 is 2.53 bits per heavy atom. The maximum absolute atomic E-state index is 13.3. The van der Waals surface area contributed by atoms with Crippen LogP contribution < -0.4 is 14.2 Å². The minimum Gasteiger partial charge on any atom is -0.493 e. The molecule has 0 amide bonds. The first-order valence-corrected chi connectivity index (χ1v) is 15.5. The first kappa shape index (κ1) is 30.5. The van der Waals surface area contributed by atoms with Crippen LogP contribution in [0.25, 0.3) is 43.9 Å². The highest BCUT2D eigenvalue weighted by Gasteiger charge is 2.31. The van der Waals surface area contributed by atoms with Gasteiger partial charge < -0.3 is 18.9 Å². The fourth-order valence-electron chi connectivity index (χ4n) is 6.16. The molecule has 1 aliphatic rings. The summed E-state index contributed by atoms with van der Waals surface area (Å²) >= 11 is 0. The molecule has 3 heterocycles. The number of hydrogen-bond donors (Lipinski definition) is 0. The molecule has 0 saturated carbocycles. The predicted molar refractivity (Wildman–Crippen MR) is 176 cm³/mol. The second-order valence-corrected chi connectivity index (χ2v) is 12.3. The second kappa shape index (κ2) is 12.1. The molecule has 0 N–H and O–H groups in total. The molecular weight excluding hydrogens is 566 g/mol. The van der Waals surface area contributed by atoms with Gasteiger partial charge in [0, 0.05) is 29.8 Å². The number of rotatable bonds is 9. The molecule has 0 spiro atoms. The van der Waals surface area contributed by atoms with Crippen molar-refractivity contribution in [2.24, 2.45) is 0 Å². The van der Waals surface area contributed by atoms with E-state index in [1.807, 2.05) is 59.9 Å². The largest absolute Gasteiger partial charge is 0.493 e. The molecule has 232 valence electrons. The van der Waals surface area contributed by atoms with Gasteiger partial charge in [0.05, 0.1) is 36.5 Å². The van der Waals surface area contributed by atoms with Crippen molar-refractivity contribution >= 4 is 27.5 Å². The van der Waals surface area contributed by atoms with Gasteiger partial charge in [0.2, 0.25) is 5.88 Å². The van der Waals surface area contributed by atoms with Crippen molar-refractivity contribution in [1.82, 2.24) is 15.0 Å². The average Bonchev–Trinajstić information content (AvgIpc) is 3.00. The zero-order chi connectivity index (χ0) is 31.9. The SMILES string of the molecule is CCOc1ncc(-c2ccc3c(-c4ccc5c6c(ccnc46)CCO5)c([C@H](OC(C)(C)C)C(C)=O)c(C)cc3c2)c(OCC)n1. The van der Waals surface area contributed by atoms with Crippen molar-refractivity contribution in [2.45, 2.75) is 66.6 Å². The molecule has 0 saturated heterocycles.